The van der Waals surface area contributed by atoms with Crippen LogP contribution in [0.1, 0.15) is 184 Å². The number of unbranched alkanes of at least 4 members (excludes halogenated alkanes) is 18. The maximum atomic E-state index is 12.9. The van der Waals surface area contributed by atoms with E-state index in [-0.39, 0.29) is 35.5 Å². The van der Waals surface area contributed by atoms with Crippen LogP contribution in [0.4, 0.5) is 0 Å². The Bertz CT molecular complexity index is 882. The third-order valence-corrected chi connectivity index (χ3v) is 7.78. The number of hydrogen-bond donors (Lipinski definition) is 1. The first-order chi connectivity index (χ1) is 20.0. The first-order valence-corrected chi connectivity index (χ1v) is 16.4. The van der Waals surface area contributed by atoms with Crippen molar-refractivity contribution in [2.75, 3.05) is 13.2 Å². The Kier molecular flexibility index (Phi) is 17.7. The van der Waals surface area contributed by atoms with Gasteiger partial charge in [0.05, 0.1) is 35.5 Å². The molecule has 0 aliphatic carbocycles. The molecule has 1 heterocycles. The van der Waals surface area contributed by atoms with E-state index in [1.54, 1.807) is 0 Å². The molecule has 0 spiro atoms. The molecular formula is C34H53NO6. The van der Waals surface area contributed by atoms with E-state index in [1.165, 1.54) is 102 Å². The van der Waals surface area contributed by atoms with Crippen molar-refractivity contribution in [2.45, 2.75) is 142 Å². The second-order valence-corrected chi connectivity index (χ2v) is 11.4. The number of rotatable bonds is 24. The number of nitrogens with one attached hydrogen (secondary N) is 1. The summed E-state index contributed by atoms with van der Waals surface area (Å²) in [6.07, 6.45) is 23.4. The van der Waals surface area contributed by atoms with Crippen molar-refractivity contribution >= 4 is 23.8 Å². The topological polar surface area (TPSA) is 98.8 Å². The van der Waals surface area contributed by atoms with Gasteiger partial charge in [0.15, 0.2) is 0 Å². The van der Waals surface area contributed by atoms with Crippen LogP contribution >= 0.6 is 0 Å². The summed E-state index contributed by atoms with van der Waals surface area (Å²) < 4.78 is 10.9. The van der Waals surface area contributed by atoms with Gasteiger partial charge < -0.3 is 9.47 Å². The molecule has 41 heavy (non-hydrogen) atoms. The van der Waals surface area contributed by atoms with Crippen molar-refractivity contribution in [3.8, 4) is 0 Å². The second kappa shape index (κ2) is 21.1. The summed E-state index contributed by atoms with van der Waals surface area (Å²) in [5.41, 5.74) is 0.0850. The molecule has 0 saturated heterocycles. The number of fused-ring (bicyclic) bond motifs is 1. The number of hydrogen-bond acceptors (Lipinski definition) is 6. The maximum Gasteiger partial charge on any atom is 0.339 e. The fourth-order valence-corrected chi connectivity index (χ4v) is 5.22. The summed E-state index contributed by atoms with van der Waals surface area (Å²) in [6, 6.07) is 2.57. The van der Waals surface area contributed by atoms with Crippen LogP contribution in [-0.2, 0) is 9.47 Å². The van der Waals surface area contributed by atoms with E-state index in [4.69, 9.17) is 9.47 Å². The van der Waals surface area contributed by atoms with Gasteiger partial charge >= 0.3 is 11.9 Å². The first kappa shape index (κ1) is 34.5. The van der Waals surface area contributed by atoms with Gasteiger partial charge in [-0.15, -0.1) is 0 Å². The molecule has 1 aromatic rings. The van der Waals surface area contributed by atoms with Crippen LogP contribution in [0.15, 0.2) is 12.1 Å². The number of amides is 2. The highest BCUT2D eigenvalue weighted by Crippen LogP contribution is 2.23. The summed E-state index contributed by atoms with van der Waals surface area (Å²) in [4.78, 5) is 50.2. The second-order valence-electron chi connectivity index (χ2n) is 11.4. The van der Waals surface area contributed by atoms with E-state index < -0.39 is 23.8 Å². The van der Waals surface area contributed by atoms with Crippen molar-refractivity contribution in [2.24, 2.45) is 0 Å². The minimum absolute atomic E-state index is 0.0336. The van der Waals surface area contributed by atoms with Gasteiger partial charge in [0.2, 0.25) is 0 Å². The normalized spacial score (nSPS) is 12.3. The standard InChI is InChI=1S/C34H53NO6/c1-3-5-7-9-11-13-15-17-19-21-23-40-33(38)29-25-27-28(32(37)35-31(27)36)26-30(29)34(39)41-24-22-20-18-16-14-12-10-8-6-4-2/h25-26H,3-24H2,1-2H3,(H,35,36,37). The molecule has 0 fully saturated rings. The average molecular weight is 572 g/mol. The van der Waals surface area contributed by atoms with Crippen LogP contribution in [0, 0.1) is 0 Å². The lowest BCUT2D eigenvalue weighted by Gasteiger charge is -2.11. The van der Waals surface area contributed by atoms with Gasteiger partial charge in [-0.1, -0.05) is 129 Å². The summed E-state index contributed by atoms with van der Waals surface area (Å²) >= 11 is 0. The van der Waals surface area contributed by atoms with E-state index in [0.717, 1.165) is 38.5 Å². The highest BCUT2D eigenvalue weighted by Gasteiger charge is 2.32. The van der Waals surface area contributed by atoms with E-state index in [2.05, 4.69) is 19.2 Å². The SMILES string of the molecule is CCCCCCCCCCCCOC(=O)c1cc2c(cc1C(=O)OCCCCCCCCCCCC)C(=O)NC2=O. The van der Waals surface area contributed by atoms with Gasteiger partial charge in [-0.2, -0.15) is 0 Å². The predicted octanol–water partition coefficient (Wildman–Crippen LogP) is 8.73. The molecule has 230 valence electrons. The highest BCUT2D eigenvalue weighted by atomic mass is 16.5. The average Bonchev–Trinajstić information content (AvgIpc) is 3.25. The molecular weight excluding hydrogens is 518 g/mol. The van der Waals surface area contributed by atoms with E-state index in [0.29, 0.717) is 0 Å². The largest absolute Gasteiger partial charge is 0.462 e. The van der Waals surface area contributed by atoms with Gasteiger partial charge in [-0.3, -0.25) is 14.9 Å². The van der Waals surface area contributed by atoms with E-state index in [9.17, 15) is 19.2 Å². The lowest BCUT2D eigenvalue weighted by atomic mass is 9.99. The van der Waals surface area contributed by atoms with Crippen molar-refractivity contribution < 1.29 is 28.7 Å². The van der Waals surface area contributed by atoms with E-state index in [1.807, 2.05) is 0 Å². The van der Waals surface area contributed by atoms with Crippen LogP contribution in [0.5, 0.6) is 0 Å². The van der Waals surface area contributed by atoms with Crippen molar-refractivity contribution in [1.82, 2.24) is 5.32 Å². The molecule has 1 aliphatic heterocycles. The van der Waals surface area contributed by atoms with Crippen LogP contribution < -0.4 is 5.32 Å². The first-order valence-electron chi connectivity index (χ1n) is 16.4. The fourth-order valence-electron chi connectivity index (χ4n) is 5.22. The Hall–Kier alpha value is -2.70. The molecule has 2 amide bonds. The van der Waals surface area contributed by atoms with Crippen molar-refractivity contribution in [1.29, 1.82) is 0 Å². The zero-order valence-corrected chi connectivity index (χ0v) is 25.7. The Morgan fingerprint density at radius 2 is 0.805 bits per heavy atom. The lowest BCUT2D eigenvalue weighted by molar-refractivity contribution is 0.0450. The maximum absolute atomic E-state index is 12.9. The molecule has 1 aliphatic rings. The number of imide groups is 1. The van der Waals surface area contributed by atoms with Crippen molar-refractivity contribution in [3.05, 3.63) is 34.4 Å². The summed E-state index contributed by atoms with van der Waals surface area (Å²) in [6.45, 7) is 4.93. The minimum atomic E-state index is -0.679. The molecule has 0 atom stereocenters. The minimum Gasteiger partial charge on any atom is -0.462 e. The van der Waals surface area contributed by atoms with Gasteiger partial charge in [0.25, 0.3) is 11.8 Å². The van der Waals surface area contributed by atoms with Crippen LogP contribution in [0.3, 0.4) is 0 Å². The quantitative estimate of drug-likeness (QED) is 0.0757. The molecule has 7 nitrogen and oxygen atoms in total. The molecule has 2 rings (SSSR count). The molecule has 1 N–H and O–H groups in total. The predicted molar refractivity (Wildman–Crippen MR) is 162 cm³/mol. The Morgan fingerprint density at radius 1 is 0.512 bits per heavy atom. The monoisotopic (exact) mass is 571 g/mol. The molecule has 0 aromatic heterocycles. The third-order valence-electron chi connectivity index (χ3n) is 7.78. The molecule has 0 bridgehead atoms. The van der Waals surface area contributed by atoms with Crippen LogP contribution in [0.2, 0.25) is 0 Å². The summed E-state index contributed by atoms with van der Waals surface area (Å²) in [5.74, 6) is -2.53. The fraction of sp³-hybridized carbons (Fsp3) is 0.706. The molecule has 1 aromatic carbocycles. The Morgan fingerprint density at radius 3 is 1.12 bits per heavy atom. The van der Waals surface area contributed by atoms with Crippen molar-refractivity contribution in [3.63, 3.8) is 0 Å². The van der Waals surface area contributed by atoms with Crippen LogP contribution in [-0.4, -0.2) is 37.0 Å². The molecule has 7 heteroatoms. The highest BCUT2D eigenvalue weighted by molar-refractivity contribution is 6.23. The number of carbonyl (C=O) groups excluding carboxylic acids is 4. The summed E-state index contributed by atoms with van der Waals surface area (Å²) in [5, 5.41) is 2.21. The molecule has 0 unspecified atom stereocenters. The Labute approximate surface area is 247 Å². The van der Waals surface area contributed by atoms with Gasteiger partial charge in [-0.05, 0) is 25.0 Å². The lowest BCUT2D eigenvalue weighted by Crippen LogP contribution is -2.19. The number of ether oxygens (including phenoxy) is 2. The van der Waals surface area contributed by atoms with Gasteiger partial charge in [-0.25, -0.2) is 9.59 Å². The number of benzene rings is 1. The van der Waals surface area contributed by atoms with E-state index >= 15 is 0 Å². The zero-order chi connectivity index (χ0) is 29.7. The van der Waals surface area contributed by atoms with Gasteiger partial charge in [0.1, 0.15) is 0 Å². The summed E-state index contributed by atoms with van der Waals surface area (Å²) in [7, 11) is 0. The third kappa shape index (κ3) is 13.2. The zero-order valence-electron chi connectivity index (χ0n) is 25.7. The number of esters is 2. The smallest absolute Gasteiger partial charge is 0.339 e. The molecule has 0 saturated carbocycles. The Balaban J connectivity index is 1.78. The number of carbonyl (C=O) groups is 4. The van der Waals surface area contributed by atoms with Crippen LogP contribution in [0.25, 0.3) is 0 Å². The van der Waals surface area contributed by atoms with Gasteiger partial charge in [0, 0.05) is 0 Å². The molecule has 0 radical (unpaired) electrons.